The number of benzene rings is 3. The van der Waals surface area contributed by atoms with Crippen molar-refractivity contribution in [2.75, 3.05) is 11.9 Å². The minimum atomic E-state index is -0.675. The largest absolute Gasteiger partial charge is 0.490 e. The summed E-state index contributed by atoms with van der Waals surface area (Å²) in [7, 11) is 0. The smallest absolute Gasteiger partial charge is 0.266 e. The molecule has 1 N–H and O–H groups in total. The first-order chi connectivity index (χ1) is 16.3. The van der Waals surface area contributed by atoms with Gasteiger partial charge in [-0.25, -0.2) is 4.39 Å². The second kappa shape index (κ2) is 11.9. The van der Waals surface area contributed by atoms with Crippen LogP contribution in [0.4, 0.5) is 10.1 Å². The SMILES string of the molecule is CCOc1cc(/C=C(\C#N)C(=O)Nc2c(Cl)cccc2Cl)cc(Br)c1OCc1ccccc1F. The Bertz CT molecular complexity index is 1270. The summed E-state index contributed by atoms with van der Waals surface area (Å²) in [5, 5.41) is 12.6. The predicted molar refractivity (Wildman–Crippen MR) is 135 cm³/mol. The molecule has 1 amide bonds. The van der Waals surface area contributed by atoms with E-state index in [9.17, 15) is 14.4 Å². The number of carbonyl (C=O) groups is 1. The summed E-state index contributed by atoms with van der Waals surface area (Å²) < 4.78 is 26.0. The highest BCUT2D eigenvalue weighted by Crippen LogP contribution is 2.38. The molecule has 9 heteroatoms. The van der Waals surface area contributed by atoms with Crippen molar-refractivity contribution in [3.05, 3.63) is 91.6 Å². The van der Waals surface area contributed by atoms with Gasteiger partial charge >= 0.3 is 0 Å². The number of rotatable bonds is 8. The van der Waals surface area contributed by atoms with Crippen molar-refractivity contribution >= 4 is 56.8 Å². The van der Waals surface area contributed by atoms with Crippen LogP contribution in [0.1, 0.15) is 18.1 Å². The van der Waals surface area contributed by atoms with E-state index in [0.717, 1.165) is 0 Å². The number of nitrogens with one attached hydrogen (secondary N) is 1. The van der Waals surface area contributed by atoms with Crippen molar-refractivity contribution in [1.29, 1.82) is 5.26 Å². The molecule has 0 aliphatic heterocycles. The number of nitrogens with zero attached hydrogens (tertiary/aromatic N) is 1. The molecule has 34 heavy (non-hydrogen) atoms. The topological polar surface area (TPSA) is 71.3 Å². The number of halogens is 4. The van der Waals surface area contributed by atoms with Gasteiger partial charge in [0.2, 0.25) is 0 Å². The number of ether oxygens (including phenoxy) is 2. The van der Waals surface area contributed by atoms with Gasteiger partial charge < -0.3 is 14.8 Å². The standard InChI is InChI=1S/C25H18BrCl2FN2O3/c1-2-33-22-12-15(11-18(26)24(22)34-14-16-6-3-4-9-21(16)29)10-17(13-30)25(32)31-23-19(27)7-5-8-20(23)28/h3-12H,2,14H2,1H3,(H,31,32)/b17-10+. The lowest BCUT2D eigenvalue weighted by Crippen LogP contribution is -2.14. The molecular formula is C25H18BrCl2FN2O3. The molecule has 0 fully saturated rings. The molecule has 174 valence electrons. The Hall–Kier alpha value is -3.05. The summed E-state index contributed by atoms with van der Waals surface area (Å²) in [6.07, 6.45) is 1.40. The average molecular weight is 564 g/mol. The van der Waals surface area contributed by atoms with E-state index in [2.05, 4.69) is 21.2 Å². The van der Waals surface area contributed by atoms with Gasteiger partial charge in [-0.05, 0) is 64.8 Å². The highest BCUT2D eigenvalue weighted by atomic mass is 79.9. The fraction of sp³-hybridized carbons (Fsp3) is 0.120. The van der Waals surface area contributed by atoms with Crippen molar-refractivity contribution < 1.29 is 18.7 Å². The maximum absolute atomic E-state index is 14.0. The quantitative estimate of drug-likeness (QED) is 0.229. The van der Waals surface area contributed by atoms with Crippen LogP contribution >= 0.6 is 39.1 Å². The molecule has 0 aromatic heterocycles. The Kier molecular flexibility index (Phi) is 8.94. The first-order valence-electron chi connectivity index (χ1n) is 10.0. The van der Waals surface area contributed by atoms with Crippen LogP contribution in [0, 0.1) is 17.1 Å². The van der Waals surface area contributed by atoms with Crippen LogP contribution in [0.2, 0.25) is 10.0 Å². The molecular weight excluding hydrogens is 546 g/mol. The molecule has 0 unspecified atom stereocenters. The van der Waals surface area contributed by atoms with E-state index >= 15 is 0 Å². The van der Waals surface area contributed by atoms with Crippen LogP contribution in [0.5, 0.6) is 11.5 Å². The molecule has 0 bridgehead atoms. The lowest BCUT2D eigenvalue weighted by Gasteiger charge is -2.15. The normalized spacial score (nSPS) is 11.0. The third kappa shape index (κ3) is 6.29. The summed E-state index contributed by atoms with van der Waals surface area (Å²) in [5.74, 6) is -0.315. The predicted octanol–water partition coefficient (Wildman–Crippen LogP) is 7.42. The van der Waals surface area contributed by atoms with E-state index in [-0.39, 0.29) is 33.7 Å². The number of carbonyl (C=O) groups excluding carboxylic acids is 1. The monoisotopic (exact) mass is 562 g/mol. The van der Waals surface area contributed by atoms with Gasteiger partial charge in [-0.3, -0.25) is 4.79 Å². The summed E-state index contributed by atoms with van der Waals surface area (Å²) in [6.45, 7) is 2.13. The van der Waals surface area contributed by atoms with Gasteiger partial charge in [0.1, 0.15) is 24.1 Å². The molecule has 0 aliphatic carbocycles. The molecule has 3 aromatic rings. The summed E-state index contributed by atoms with van der Waals surface area (Å²) in [6, 6.07) is 16.3. The van der Waals surface area contributed by atoms with Crippen LogP contribution < -0.4 is 14.8 Å². The lowest BCUT2D eigenvalue weighted by atomic mass is 10.1. The van der Waals surface area contributed by atoms with E-state index in [4.69, 9.17) is 32.7 Å². The van der Waals surface area contributed by atoms with Gasteiger partial charge in [0, 0.05) is 5.56 Å². The van der Waals surface area contributed by atoms with Gasteiger partial charge in [-0.1, -0.05) is 47.5 Å². The fourth-order valence-corrected chi connectivity index (χ4v) is 4.02. The van der Waals surface area contributed by atoms with Crippen molar-refractivity contribution in [1.82, 2.24) is 0 Å². The van der Waals surface area contributed by atoms with Gasteiger partial charge in [0.05, 0.1) is 26.8 Å². The summed E-state index contributed by atoms with van der Waals surface area (Å²) in [4.78, 5) is 12.7. The van der Waals surface area contributed by atoms with E-state index in [1.54, 1.807) is 55.5 Å². The van der Waals surface area contributed by atoms with Crippen molar-refractivity contribution in [2.24, 2.45) is 0 Å². The molecule has 5 nitrogen and oxygen atoms in total. The fourth-order valence-electron chi connectivity index (χ4n) is 2.95. The maximum Gasteiger partial charge on any atom is 0.266 e. The number of hydrogen-bond donors (Lipinski definition) is 1. The Morgan fingerprint density at radius 3 is 2.50 bits per heavy atom. The van der Waals surface area contributed by atoms with Gasteiger partial charge in [-0.15, -0.1) is 0 Å². The highest BCUT2D eigenvalue weighted by Gasteiger charge is 2.17. The number of anilines is 1. The van der Waals surface area contributed by atoms with E-state index in [1.165, 1.54) is 12.1 Å². The Balaban J connectivity index is 1.88. The molecule has 3 aromatic carbocycles. The molecule has 0 radical (unpaired) electrons. The van der Waals surface area contributed by atoms with Crippen LogP contribution in [-0.2, 0) is 11.4 Å². The van der Waals surface area contributed by atoms with Crippen molar-refractivity contribution in [3.8, 4) is 17.6 Å². The highest BCUT2D eigenvalue weighted by molar-refractivity contribution is 9.10. The molecule has 0 saturated heterocycles. The zero-order chi connectivity index (χ0) is 24.7. The molecule has 3 rings (SSSR count). The van der Waals surface area contributed by atoms with E-state index in [0.29, 0.717) is 33.7 Å². The third-order valence-electron chi connectivity index (χ3n) is 4.54. The Morgan fingerprint density at radius 1 is 1.15 bits per heavy atom. The first-order valence-corrected chi connectivity index (χ1v) is 11.6. The van der Waals surface area contributed by atoms with Crippen molar-refractivity contribution in [2.45, 2.75) is 13.5 Å². The van der Waals surface area contributed by atoms with Crippen LogP contribution in [0.15, 0.2) is 64.6 Å². The summed E-state index contributed by atoms with van der Waals surface area (Å²) >= 11 is 15.6. The Labute approximate surface area is 214 Å². The minimum absolute atomic E-state index is 0.00895. The second-order valence-corrected chi connectivity index (χ2v) is 8.53. The molecule has 0 saturated carbocycles. The molecule has 0 atom stereocenters. The molecule has 0 heterocycles. The van der Waals surface area contributed by atoms with Gasteiger partial charge in [0.25, 0.3) is 5.91 Å². The number of para-hydroxylation sites is 1. The zero-order valence-electron chi connectivity index (χ0n) is 17.9. The minimum Gasteiger partial charge on any atom is -0.490 e. The molecule has 0 spiro atoms. The van der Waals surface area contributed by atoms with E-state index < -0.39 is 5.91 Å². The number of hydrogen-bond acceptors (Lipinski definition) is 4. The number of nitriles is 1. The third-order valence-corrected chi connectivity index (χ3v) is 5.76. The van der Waals surface area contributed by atoms with E-state index in [1.807, 2.05) is 6.07 Å². The van der Waals surface area contributed by atoms with Gasteiger partial charge in [0.15, 0.2) is 11.5 Å². The van der Waals surface area contributed by atoms with Crippen molar-refractivity contribution in [3.63, 3.8) is 0 Å². The zero-order valence-corrected chi connectivity index (χ0v) is 21.0. The lowest BCUT2D eigenvalue weighted by molar-refractivity contribution is -0.112. The average Bonchev–Trinajstić information content (AvgIpc) is 2.80. The molecule has 0 aliphatic rings. The summed E-state index contributed by atoms with van der Waals surface area (Å²) in [5.41, 5.74) is 0.934. The maximum atomic E-state index is 14.0. The Morgan fingerprint density at radius 2 is 1.85 bits per heavy atom. The number of amides is 1. The van der Waals surface area contributed by atoms with Crippen LogP contribution in [0.3, 0.4) is 0 Å². The van der Waals surface area contributed by atoms with Crippen LogP contribution in [0.25, 0.3) is 6.08 Å². The van der Waals surface area contributed by atoms with Gasteiger partial charge in [-0.2, -0.15) is 5.26 Å². The second-order valence-electron chi connectivity index (χ2n) is 6.86. The van der Waals surface area contributed by atoms with Crippen LogP contribution in [-0.4, -0.2) is 12.5 Å². The first kappa shape index (κ1) is 25.6.